The Morgan fingerprint density at radius 2 is 1.85 bits per heavy atom. The zero-order valence-electron chi connectivity index (χ0n) is 17.6. The van der Waals surface area contributed by atoms with Gasteiger partial charge in [-0.15, -0.1) is 0 Å². The van der Waals surface area contributed by atoms with Crippen molar-refractivity contribution in [2.75, 3.05) is 18.9 Å². The van der Waals surface area contributed by atoms with Crippen LogP contribution in [0.4, 0.5) is 5.82 Å². The highest BCUT2D eigenvalue weighted by molar-refractivity contribution is 7.46. The number of ether oxygens (including phenoxy) is 1. The molecule has 1 aliphatic rings. The smallest absolute Gasteiger partial charge is 0.469 e. The van der Waals surface area contributed by atoms with Gasteiger partial charge in [0, 0.05) is 0 Å². The summed E-state index contributed by atoms with van der Waals surface area (Å²) in [5.74, 6) is -0.0371. The molecule has 1 aromatic carbocycles. The largest absolute Gasteiger partial charge is 0.504 e. The molecule has 4 rings (SSSR count). The predicted octanol–water partition coefficient (Wildman–Crippen LogP) is -1.26. The van der Waals surface area contributed by atoms with Crippen molar-refractivity contribution in [1.29, 1.82) is 0 Å². The average Bonchev–Trinajstić information content (AvgIpc) is 3.32. The molecule has 3 heterocycles. The average molecular weight is 500 g/mol. The molecule has 3 aromatic rings. The molecular formula is C18H25N6O9P. The molecule has 186 valence electrons. The summed E-state index contributed by atoms with van der Waals surface area (Å²) in [6.07, 6.45) is -1.77. The molecule has 0 spiro atoms. The topological polar surface area (TPSA) is 253 Å². The molecule has 1 saturated heterocycles. The van der Waals surface area contributed by atoms with Crippen LogP contribution in [0, 0.1) is 0 Å². The first-order chi connectivity index (χ1) is 16.0. The maximum atomic E-state index is 10.7. The van der Waals surface area contributed by atoms with E-state index >= 15 is 0 Å². The van der Waals surface area contributed by atoms with Crippen LogP contribution >= 0.6 is 7.82 Å². The number of fused-ring (bicyclic) bond motifs is 1. The first-order valence-electron chi connectivity index (χ1n) is 9.87. The maximum absolute atomic E-state index is 10.7. The van der Waals surface area contributed by atoms with Crippen molar-refractivity contribution in [1.82, 2.24) is 19.5 Å². The Balaban J connectivity index is 0.000000248. The Kier molecular flexibility index (Phi) is 8.01. The summed E-state index contributed by atoms with van der Waals surface area (Å²) in [6.45, 7) is -0.0486. The quantitative estimate of drug-likeness (QED) is 0.145. The molecule has 0 radical (unpaired) electrons. The van der Waals surface area contributed by atoms with E-state index in [4.69, 9.17) is 36.2 Å². The molecule has 15 nitrogen and oxygen atoms in total. The van der Waals surface area contributed by atoms with Crippen molar-refractivity contribution in [2.45, 2.75) is 31.0 Å². The number of rotatable bonds is 6. The number of anilines is 1. The van der Waals surface area contributed by atoms with Gasteiger partial charge >= 0.3 is 7.82 Å². The summed E-state index contributed by atoms with van der Waals surface area (Å²) < 4.78 is 21.8. The molecule has 16 heteroatoms. The minimum absolute atomic E-state index is 0.0871. The Morgan fingerprint density at radius 3 is 2.50 bits per heavy atom. The van der Waals surface area contributed by atoms with Crippen molar-refractivity contribution < 1.29 is 44.0 Å². The van der Waals surface area contributed by atoms with Crippen LogP contribution in [0.1, 0.15) is 11.8 Å². The number of aromatic hydroxyl groups is 2. The van der Waals surface area contributed by atoms with Gasteiger partial charge in [0.05, 0.1) is 12.9 Å². The standard InChI is InChI=1S/C10H14N5O7P.C8H11NO2/c11-8-5-9(13-2-12-8)15(3-14-5)10-7(17)6(16)4(22-10)1-21-23(18,19)20;9-4-3-6-1-2-7(10)8(11)5-6/h2-4,6-7,10,16-17H,1H2,(H2,11,12,13)(H2,18,19,20);1-2,5,10-11H,3-4,9H2/t4-,6-,7-,10-;/m1./s1. The van der Waals surface area contributed by atoms with E-state index in [1.807, 2.05) is 0 Å². The van der Waals surface area contributed by atoms with Crippen molar-refractivity contribution in [3.05, 3.63) is 36.4 Å². The monoisotopic (exact) mass is 500 g/mol. The molecule has 1 fully saturated rings. The van der Waals surface area contributed by atoms with E-state index in [1.54, 1.807) is 6.07 Å². The van der Waals surface area contributed by atoms with Gasteiger partial charge < -0.3 is 46.4 Å². The number of phenols is 2. The number of aliphatic hydroxyl groups excluding tert-OH is 2. The van der Waals surface area contributed by atoms with Crippen LogP contribution in [-0.2, 0) is 20.2 Å². The van der Waals surface area contributed by atoms with Gasteiger partial charge in [0.25, 0.3) is 0 Å². The summed E-state index contributed by atoms with van der Waals surface area (Å²) in [5.41, 5.74) is 12.5. The van der Waals surface area contributed by atoms with Gasteiger partial charge in [-0.2, -0.15) is 0 Å². The third kappa shape index (κ3) is 5.97. The van der Waals surface area contributed by atoms with Crippen LogP contribution in [-0.4, -0.2) is 81.2 Å². The van der Waals surface area contributed by atoms with Crippen LogP contribution in [0.25, 0.3) is 11.2 Å². The van der Waals surface area contributed by atoms with E-state index in [9.17, 15) is 14.8 Å². The van der Waals surface area contributed by atoms with Crippen LogP contribution in [0.2, 0.25) is 0 Å². The first kappa shape index (κ1) is 25.7. The second-order valence-corrected chi connectivity index (χ2v) is 8.52. The van der Waals surface area contributed by atoms with Crippen LogP contribution in [0.15, 0.2) is 30.9 Å². The molecule has 2 aromatic heterocycles. The number of phosphoric acid groups is 1. The number of phenolic OH excluding ortho intramolecular Hbond substituents is 2. The number of benzene rings is 1. The molecule has 0 saturated carbocycles. The number of hydrogen-bond donors (Lipinski definition) is 8. The lowest BCUT2D eigenvalue weighted by Crippen LogP contribution is -2.33. The number of imidazole rings is 1. The number of aliphatic hydroxyl groups is 2. The lowest BCUT2D eigenvalue weighted by Gasteiger charge is -2.16. The maximum Gasteiger partial charge on any atom is 0.469 e. The molecule has 4 atom stereocenters. The van der Waals surface area contributed by atoms with E-state index in [-0.39, 0.29) is 23.0 Å². The summed E-state index contributed by atoms with van der Waals surface area (Å²) in [4.78, 5) is 29.2. The molecule has 10 N–H and O–H groups in total. The summed E-state index contributed by atoms with van der Waals surface area (Å²) >= 11 is 0. The van der Waals surface area contributed by atoms with E-state index in [2.05, 4.69) is 19.5 Å². The number of hydrogen-bond acceptors (Lipinski definition) is 12. The minimum atomic E-state index is -4.72. The fourth-order valence-electron chi connectivity index (χ4n) is 3.21. The lowest BCUT2D eigenvalue weighted by molar-refractivity contribution is -0.0504. The van der Waals surface area contributed by atoms with Gasteiger partial charge in [-0.1, -0.05) is 6.07 Å². The van der Waals surface area contributed by atoms with Gasteiger partial charge in [0.15, 0.2) is 29.2 Å². The molecule has 34 heavy (non-hydrogen) atoms. The summed E-state index contributed by atoms with van der Waals surface area (Å²) in [7, 11) is -4.72. The van der Waals surface area contributed by atoms with Gasteiger partial charge in [0.1, 0.15) is 30.2 Å². The second kappa shape index (κ2) is 10.6. The number of phosphoric ester groups is 1. The van der Waals surface area contributed by atoms with Crippen LogP contribution < -0.4 is 11.5 Å². The van der Waals surface area contributed by atoms with E-state index in [0.29, 0.717) is 18.5 Å². The van der Waals surface area contributed by atoms with Crippen molar-refractivity contribution in [3.63, 3.8) is 0 Å². The first-order valence-corrected chi connectivity index (χ1v) is 11.4. The highest BCUT2D eigenvalue weighted by Gasteiger charge is 2.45. The lowest BCUT2D eigenvalue weighted by atomic mass is 10.1. The zero-order valence-corrected chi connectivity index (χ0v) is 18.5. The van der Waals surface area contributed by atoms with E-state index in [0.717, 1.165) is 5.56 Å². The number of nitrogens with two attached hydrogens (primary N) is 2. The third-order valence-electron chi connectivity index (χ3n) is 4.88. The molecular weight excluding hydrogens is 475 g/mol. The van der Waals surface area contributed by atoms with E-state index in [1.165, 1.54) is 29.4 Å². The second-order valence-electron chi connectivity index (χ2n) is 7.28. The number of nitrogen functional groups attached to an aromatic ring is 1. The molecule has 0 bridgehead atoms. The highest BCUT2D eigenvalue weighted by atomic mass is 31.2. The molecule has 0 aliphatic carbocycles. The van der Waals surface area contributed by atoms with Gasteiger partial charge in [-0.3, -0.25) is 9.09 Å². The minimum Gasteiger partial charge on any atom is -0.504 e. The van der Waals surface area contributed by atoms with Crippen molar-refractivity contribution >= 4 is 24.8 Å². The zero-order chi connectivity index (χ0) is 25.0. The van der Waals surface area contributed by atoms with Crippen molar-refractivity contribution in [2.24, 2.45) is 5.73 Å². The normalized spacial score (nSPS) is 22.5. The highest BCUT2D eigenvalue weighted by Crippen LogP contribution is 2.38. The molecule has 0 unspecified atom stereocenters. The van der Waals surface area contributed by atoms with Crippen LogP contribution in [0.5, 0.6) is 11.5 Å². The summed E-state index contributed by atoms with van der Waals surface area (Å²) in [6, 6.07) is 4.71. The number of aromatic nitrogens is 4. The SMILES string of the molecule is NCCc1ccc(O)c(O)c1.Nc1ncnc2c1ncn2[C@@H]1O[C@H](COP(=O)(O)O)[C@@H](O)[C@H]1O. The van der Waals surface area contributed by atoms with Gasteiger partial charge in [-0.25, -0.2) is 19.5 Å². The fraction of sp³-hybridized carbons (Fsp3) is 0.389. The third-order valence-corrected chi connectivity index (χ3v) is 5.36. The van der Waals surface area contributed by atoms with Crippen molar-refractivity contribution in [3.8, 4) is 11.5 Å². The molecule has 1 aliphatic heterocycles. The Hall–Kier alpha value is -2.88. The van der Waals surface area contributed by atoms with Gasteiger partial charge in [-0.05, 0) is 30.7 Å². The summed E-state index contributed by atoms with van der Waals surface area (Å²) in [5, 5.41) is 38.0. The Morgan fingerprint density at radius 1 is 1.12 bits per heavy atom. The van der Waals surface area contributed by atoms with E-state index < -0.39 is 39.0 Å². The Labute approximate surface area is 192 Å². The Bertz CT molecular complexity index is 1170. The fourth-order valence-corrected chi connectivity index (χ4v) is 3.56. The molecule has 0 amide bonds. The van der Waals surface area contributed by atoms with Gasteiger partial charge in [0.2, 0.25) is 0 Å². The number of nitrogens with zero attached hydrogens (tertiary/aromatic N) is 4. The van der Waals surface area contributed by atoms with Crippen LogP contribution in [0.3, 0.4) is 0 Å². The predicted molar refractivity (Wildman–Crippen MR) is 116 cm³/mol.